The van der Waals surface area contributed by atoms with Gasteiger partial charge in [0.15, 0.2) is 12.2 Å². The summed E-state index contributed by atoms with van der Waals surface area (Å²) in [6, 6.07) is 0. The quantitative estimate of drug-likeness (QED) is 0.0169. The minimum Gasteiger partial charge on any atom is -0.462 e. The smallest absolute Gasteiger partial charge is 0.462 e. The van der Waals surface area contributed by atoms with Gasteiger partial charge in [-0.1, -0.05) is 281 Å². The maximum absolute atomic E-state index is 13.1. The van der Waals surface area contributed by atoms with Gasteiger partial charge in [-0.15, -0.1) is 0 Å². The van der Waals surface area contributed by atoms with Crippen LogP contribution in [-0.4, -0.2) is 96.7 Å². The number of rotatable bonds is 72. The molecule has 0 aliphatic carbocycles. The first-order chi connectivity index (χ1) is 50.7. The summed E-state index contributed by atoms with van der Waals surface area (Å²) in [6.45, 7) is 4.37. The number of hydrogen-bond donors (Lipinski definition) is 3. The molecule has 0 amide bonds. The Morgan fingerprint density at radius 3 is 0.923 bits per heavy atom. The van der Waals surface area contributed by atoms with Crippen LogP contribution >= 0.6 is 15.6 Å². The van der Waals surface area contributed by atoms with Gasteiger partial charge in [-0.3, -0.25) is 37.3 Å². The van der Waals surface area contributed by atoms with E-state index in [-0.39, 0.29) is 25.7 Å². The number of hydrogen-bond acceptors (Lipinski definition) is 15. The maximum Gasteiger partial charge on any atom is 0.472 e. The van der Waals surface area contributed by atoms with Gasteiger partial charge in [-0.2, -0.15) is 0 Å². The molecule has 0 spiro atoms. The summed E-state index contributed by atoms with van der Waals surface area (Å²) in [5.41, 5.74) is 0. The second-order valence-electron chi connectivity index (χ2n) is 25.5. The molecule has 104 heavy (non-hydrogen) atoms. The summed E-state index contributed by atoms with van der Waals surface area (Å²) in [6.07, 6.45) is 89.5. The van der Waals surface area contributed by atoms with Crippen molar-refractivity contribution >= 4 is 39.5 Å². The predicted molar refractivity (Wildman–Crippen MR) is 426 cm³/mol. The van der Waals surface area contributed by atoms with Crippen LogP contribution in [0.25, 0.3) is 0 Å². The van der Waals surface area contributed by atoms with Crippen molar-refractivity contribution in [3.8, 4) is 0 Å². The minimum absolute atomic E-state index is 0.0255. The highest BCUT2D eigenvalue weighted by Crippen LogP contribution is 2.45. The topological polar surface area (TPSA) is 237 Å². The zero-order valence-corrected chi connectivity index (χ0v) is 66.2. The predicted octanol–water partition coefficient (Wildman–Crippen LogP) is 23.0. The van der Waals surface area contributed by atoms with E-state index in [1.807, 2.05) is 36.5 Å². The first kappa shape index (κ1) is 98.4. The number of allylic oxidation sites excluding steroid dienone is 27. The summed E-state index contributed by atoms with van der Waals surface area (Å²) in [5, 5.41) is 10.6. The third-order valence-corrected chi connectivity index (χ3v) is 17.6. The summed E-state index contributed by atoms with van der Waals surface area (Å²) in [5.74, 6) is -2.46. The Morgan fingerprint density at radius 2 is 0.558 bits per heavy atom. The molecule has 0 heterocycles. The van der Waals surface area contributed by atoms with Crippen LogP contribution in [0, 0.1) is 0 Å². The van der Waals surface area contributed by atoms with Crippen LogP contribution in [0.15, 0.2) is 170 Å². The number of carbonyl (C=O) groups is 4. The number of esters is 4. The fourth-order valence-corrected chi connectivity index (χ4v) is 11.3. The van der Waals surface area contributed by atoms with Gasteiger partial charge in [0.05, 0.1) is 32.8 Å². The lowest BCUT2D eigenvalue weighted by atomic mass is 10.1. The molecule has 0 saturated heterocycles. The van der Waals surface area contributed by atoms with E-state index in [4.69, 9.17) is 37.0 Å². The number of aliphatic hydroxyl groups is 1. The van der Waals surface area contributed by atoms with E-state index in [0.717, 1.165) is 141 Å². The zero-order chi connectivity index (χ0) is 76.0. The van der Waals surface area contributed by atoms with Crippen molar-refractivity contribution in [1.82, 2.24) is 0 Å². The van der Waals surface area contributed by atoms with E-state index in [1.165, 1.54) is 57.8 Å². The molecule has 0 radical (unpaired) electrons. The Balaban J connectivity index is 5.52. The van der Waals surface area contributed by atoms with Crippen molar-refractivity contribution in [2.24, 2.45) is 0 Å². The second-order valence-corrected chi connectivity index (χ2v) is 28.5. The van der Waals surface area contributed by atoms with Gasteiger partial charge in [0, 0.05) is 19.3 Å². The summed E-state index contributed by atoms with van der Waals surface area (Å²) in [4.78, 5) is 72.9. The van der Waals surface area contributed by atoms with Crippen molar-refractivity contribution in [3.63, 3.8) is 0 Å². The molecule has 17 nitrogen and oxygen atoms in total. The molecule has 0 aliphatic rings. The molecule has 5 unspecified atom stereocenters. The highest BCUT2D eigenvalue weighted by atomic mass is 31.2. The number of unbranched alkanes of at least 4 members (excludes halogenated alkanes) is 19. The van der Waals surface area contributed by atoms with Crippen LogP contribution < -0.4 is 0 Å². The first-order valence-corrected chi connectivity index (χ1v) is 42.4. The summed E-state index contributed by atoms with van der Waals surface area (Å²) >= 11 is 0. The van der Waals surface area contributed by atoms with Gasteiger partial charge < -0.3 is 33.8 Å². The van der Waals surface area contributed by atoms with Gasteiger partial charge in [0.1, 0.15) is 19.3 Å². The summed E-state index contributed by atoms with van der Waals surface area (Å²) in [7, 11) is -10.0. The standard InChI is InChI=1S/C85H138O17P2/c1-5-9-13-17-21-25-29-33-37-38-39-40-44-46-50-54-58-62-66-70-83(88)96-76-81(102-85(90)72-68-64-60-56-52-48-43-36-32-28-24-20-16-12-8-4)78-100-104(93,94)98-74-79(86)73-97-103(91,92)99-77-80(101-84(89)71-67-63-59-55-51-47-42-35-31-27-23-19-15-11-7-3)75-95-82(87)69-65-61-57-53-49-45-41-34-30-26-22-18-14-10-6-2/h9-10,13-14,21-22,24-26,28,33-37,39-43,46,49-50,53,58,61-62,65,79-81,86H,5-8,11-12,15-20,23,27,29-32,38,44-45,47-48,51-52,54-57,59-60,63-64,66-78H2,1-4H3,(H,91,92)(H,93,94)/b13-9-,14-10-,25-21-,26-22-,28-24-,37-33-,40-39-,41-34-,42-35-,43-36-,50-46-,53-49-,62-58-,65-61-. The van der Waals surface area contributed by atoms with E-state index in [2.05, 4.69) is 155 Å². The van der Waals surface area contributed by atoms with E-state index in [1.54, 1.807) is 6.08 Å². The van der Waals surface area contributed by atoms with Crippen LogP contribution in [0.2, 0.25) is 0 Å². The second kappa shape index (κ2) is 75.6. The normalized spacial score (nSPS) is 14.8. The van der Waals surface area contributed by atoms with Crippen LogP contribution in [-0.2, 0) is 65.4 Å². The molecule has 0 aliphatic heterocycles. The molecule has 590 valence electrons. The monoisotopic (exact) mass is 1490 g/mol. The first-order valence-electron chi connectivity index (χ1n) is 39.4. The Bertz CT molecular complexity index is 2640. The van der Waals surface area contributed by atoms with Crippen molar-refractivity contribution in [3.05, 3.63) is 170 Å². The summed E-state index contributed by atoms with van der Waals surface area (Å²) < 4.78 is 68.3. The van der Waals surface area contributed by atoms with Crippen molar-refractivity contribution in [2.75, 3.05) is 39.6 Å². The zero-order valence-electron chi connectivity index (χ0n) is 64.4. The highest BCUT2D eigenvalue weighted by Gasteiger charge is 2.30. The average molecular weight is 1490 g/mol. The molecule has 3 N–H and O–H groups in total. The van der Waals surface area contributed by atoms with Crippen molar-refractivity contribution < 1.29 is 80.2 Å². The van der Waals surface area contributed by atoms with Crippen LogP contribution in [0.1, 0.15) is 285 Å². The van der Waals surface area contributed by atoms with E-state index in [9.17, 15) is 43.2 Å². The Kier molecular flexibility index (Phi) is 71.6. The van der Waals surface area contributed by atoms with Crippen LogP contribution in [0.4, 0.5) is 0 Å². The van der Waals surface area contributed by atoms with E-state index >= 15 is 0 Å². The third kappa shape index (κ3) is 74.7. The SMILES string of the molecule is CC/C=C\C/C=C\C/C=C\C/C=C\C/C=C\C/C=C\CCC(=O)OCC(COP(=O)(O)OCC(O)COP(=O)(O)OCC(COC(=O)C/C=C\C/C=C\C/C=C\C/C=C\C/C=C\CC)OC(=O)CCCCCCC/C=C\CCCCCCCC)OC(=O)CCCCCCC/C=C\C/C=C\CCCCC. The Labute approximate surface area is 629 Å². The van der Waals surface area contributed by atoms with Crippen molar-refractivity contribution in [1.29, 1.82) is 0 Å². The molecule has 0 saturated carbocycles. The van der Waals surface area contributed by atoms with Crippen LogP contribution in [0.5, 0.6) is 0 Å². The number of phosphoric ester groups is 2. The molecule has 0 aromatic carbocycles. The molecular weight excluding hydrogens is 1350 g/mol. The average Bonchev–Trinajstić information content (AvgIpc) is 0.918. The lowest BCUT2D eigenvalue weighted by Crippen LogP contribution is -2.30. The van der Waals surface area contributed by atoms with Gasteiger partial charge in [-0.25, -0.2) is 9.13 Å². The maximum atomic E-state index is 13.1. The molecular formula is C85H138O17P2. The minimum atomic E-state index is -5.01. The molecule has 0 aromatic rings. The van der Waals surface area contributed by atoms with Gasteiger partial charge in [0.2, 0.25) is 0 Å². The lowest BCUT2D eigenvalue weighted by Gasteiger charge is -2.21. The highest BCUT2D eigenvalue weighted by molar-refractivity contribution is 7.47. The lowest BCUT2D eigenvalue weighted by molar-refractivity contribution is -0.161. The van der Waals surface area contributed by atoms with Crippen LogP contribution in [0.3, 0.4) is 0 Å². The van der Waals surface area contributed by atoms with Gasteiger partial charge >= 0.3 is 39.5 Å². The molecule has 5 atom stereocenters. The number of ether oxygens (including phenoxy) is 4. The third-order valence-electron chi connectivity index (χ3n) is 15.7. The molecule has 0 aromatic heterocycles. The fraction of sp³-hybridized carbons (Fsp3) is 0.624. The van der Waals surface area contributed by atoms with E-state index < -0.39 is 97.5 Å². The van der Waals surface area contributed by atoms with E-state index in [0.29, 0.717) is 32.1 Å². The molecule has 0 rings (SSSR count). The fourth-order valence-electron chi connectivity index (χ4n) is 9.75. The number of phosphoric acid groups is 2. The Hall–Kier alpha value is -5.58. The van der Waals surface area contributed by atoms with Gasteiger partial charge in [-0.05, 0) is 148 Å². The molecule has 0 fully saturated rings. The number of aliphatic hydroxyl groups excluding tert-OH is 1. The number of carbonyl (C=O) groups excluding carboxylic acids is 4. The molecule has 0 bridgehead atoms. The molecule has 19 heteroatoms. The van der Waals surface area contributed by atoms with Gasteiger partial charge in [0.25, 0.3) is 0 Å². The largest absolute Gasteiger partial charge is 0.472 e. The Morgan fingerprint density at radius 1 is 0.288 bits per heavy atom. The van der Waals surface area contributed by atoms with Crippen molar-refractivity contribution in [2.45, 2.75) is 303 Å².